The zero-order valence-corrected chi connectivity index (χ0v) is 10.4. The summed E-state index contributed by atoms with van der Waals surface area (Å²) in [6.07, 6.45) is 0. The Morgan fingerprint density at radius 2 is 1.42 bits per heavy atom. The van der Waals surface area contributed by atoms with E-state index < -0.39 is 0 Å². The lowest BCUT2D eigenvalue weighted by molar-refractivity contribution is 0.736. The van der Waals surface area contributed by atoms with E-state index in [1.807, 2.05) is 55.6 Å². The lowest BCUT2D eigenvalue weighted by Crippen LogP contribution is -1.88. The minimum absolute atomic E-state index is 0.914. The quantitative estimate of drug-likeness (QED) is 0.519. The van der Waals surface area contributed by atoms with Gasteiger partial charge in [-0.05, 0) is 24.3 Å². The number of fused-ring (bicyclic) bond motifs is 2. The van der Waals surface area contributed by atoms with E-state index in [9.17, 15) is 0 Å². The van der Waals surface area contributed by atoms with E-state index >= 15 is 0 Å². The summed E-state index contributed by atoms with van der Waals surface area (Å²) in [5.74, 6) is 0. The highest BCUT2D eigenvalue weighted by Gasteiger charge is 1.95. The smallest absolute Gasteiger partial charge is 0.113 e. The molecule has 4 rings (SSSR count). The van der Waals surface area contributed by atoms with Gasteiger partial charge < -0.3 is 0 Å². The molecule has 0 bridgehead atoms. The monoisotopic (exact) mass is 252 g/mol. The van der Waals surface area contributed by atoms with E-state index in [4.69, 9.17) is 0 Å². The Morgan fingerprint density at radius 1 is 0.842 bits per heavy atom. The first-order valence-corrected chi connectivity index (χ1v) is 5.84. The maximum Gasteiger partial charge on any atom is 0.113 e. The van der Waals surface area contributed by atoms with Crippen molar-refractivity contribution >= 4 is 22.1 Å². The predicted octanol–water partition coefficient (Wildman–Crippen LogP) is 1.93. The fraction of sp³-hybridized carbons (Fsp3) is 0.0769. The number of benzene rings is 2. The van der Waals surface area contributed by atoms with Gasteiger partial charge in [0.05, 0.1) is 5.52 Å². The van der Waals surface area contributed by atoms with Crippen LogP contribution in [-0.2, 0) is 7.05 Å². The first-order chi connectivity index (χ1) is 9.34. The lowest BCUT2D eigenvalue weighted by Gasteiger charge is -1.87. The first-order valence-electron chi connectivity index (χ1n) is 5.84. The van der Waals surface area contributed by atoms with Crippen LogP contribution in [0.4, 0.5) is 0 Å². The number of hydrogen-bond donors (Lipinski definition) is 1. The van der Waals surface area contributed by atoms with Crippen LogP contribution < -0.4 is 0 Å². The third kappa shape index (κ3) is 2.28. The molecule has 0 saturated heterocycles. The van der Waals surface area contributed by atoms with Gasteiger partial charge in [0, 0.05) is 7.05 Å². The van der Waals surface area contributed by atoms with E-state index in [1.54, 1.807) is 4.68 Å². The van der Waals surface area contributed by atoms with Crippen LogP contribution in [0.15, 0.2) is 48.5 Å². The van der Waals surface area contributed by atoms with Crippen LogP contribution in [0, 0.1) is 0 Å². The number of hydrogen-bond acceptors (Lipinski definition) is 4. The molecule has 0 aliphatic heterocycles. The first kappa shape index (κ1) is 11.3. The second-order valence-electron chi connectivity index (χ2n) is 4.01. The Bertz CT molecular complexity index is 770. The molecule has 0 aliphatic carbocycles. The number of aromatic amines is 1. The second kappa shape index (κ2) is 4.85. The number of para-hydroxylation sites is 3. The highest BCUT2D eigenvalue weighted by Crippen LogP contribution is 2.06. The summed E-state index contributed by atoms with van der Waals surface area (Å²) >= 11 is 0. The van der Waals surface area contributed by atoms with Crippen LogP contribution in [0.2, 0.25) is 0 Å². The summed E-state index contributed by atoms with van der Waals surface area (Å²) in [7, 11) is 1.88. The van der Waals surface area contributed by atoms with Gasteiger partial charge in [0.1, 0.15) is 16.6 Å². The highest BCUT2D eigenvalue weighted by molar-refractivity contribution is 5.73. The number of rotatable bonds is 0. The largest absolute Gasteiger partial charge is 0.248 e. The summed E-state index contributed by atoms with van der Waals surface area (Å²) in [6, 6.07) is 15.6. The van der Waals surface area contributed by atoms with E-state index in [0.717, 1.165) is 22.1 Å². The topological polar surface area (TPSA) is 72.3 Å². The molecule has 6 heteroatoms. The van der Waals surface area contributed by atoms with Crippen LogP contribution in [0.5, 0.6) is 0 Å². The molecule has 0 atom stereocenters. The normalized spacial score (nSPS) is 10.4. The summed E-state index contributed by atoms with van der Waals surface area (Å²) in [6.45, 7) is 0. The maximum absolute atomic E-state index is 3.93. The highest BCUT2D eigenvalue weighted by atomic mass is 15.4. The minimum atomic E-state index is 0.914. The molecule has 1 N–H and O–H groups in total. The van der Waals surface area contributed by atoms with Crippen LogP contribution in [0.3, 0.4) is 0 Å². The Morgan fingerprint density at radius 3 is 2.05 bits per heavy atom. The van der Waals surface area contributed by atoms with E-state index in [0.29, 0.717) is 0 Å². The van der Waals surface area contributed by atoms with Gasteiger partial charge in [0.15, 0.2) is 0 Å². The van der Waals surface area contributed by atoms with Gasteiger partial charge in [-0.25, -0.2) is 4.68 Å². The molecule has 0 fully saturated rings. The van der Waals surface area contributed by atoms with Gasteiger partial charge >= 0.3 is 0 Å². The van der Waals surface area contributed by atoms with Crippen LogP contribution in [0.1, 0.15) is 0 Å². The van der Waals surface area contributed by atoms with Crippen LogP contribution in [-0.4, -0.2) is 30.4 Å². The van der Waals surface area contributed by atoms with E-state index in [1.165, 1.54) is 0 Å². The summed E-state index contributed by atoms with van der Waals surface area (Å²) < 4.78 is 1.76. The summed E-state index contributed by atoms with van der Waals surface area (Å²) in [5.41, 5.74) is 3.85. The van der Waals surface area contributed by atoms with Gasteiger partial charge in [0.25, 0.3) is 0 Å². The second-order valence-corrected chi connectivity index (χ2v) is 4.01. The maximum atomic E-state index is 3.93. The number of nitrogens with one attached hydrogen (secondary N) is 1. The van der Waals surface area contributed by atoms with E-state index in [2.05, 4.69) is 25.7 Å². The van der Waals surface area contributed by atoms with Crippen molar-refractivity contribution in [2.75, 3.05) is 0 Å². The van der Waals surface area contributed by atoms with E-state index in [-0.39, 0.29) is 0 Å². The molecule has 0 amide bonds. The lowest BCUT2D eigenvalue weighted by atomic mass is 10.3. The molecular formula is C13H12N6. The van der Waals surface area contributed by atoms with Crippen molar-refractivity contribution in [3.05, 3.63) is 48.5 Å². The minimum Gasteiger partial charge on any atom is -0.248 e. The third-order valence-corrected chi connectivity index (χ3v) is 2.74. The van der Waals surface area contributed by atoms with Gasteiger partial charge in [-0.1, -0.05) is 29.5 Å². The van der Waals surface area contributed by atoms with Crippen molar-refractivity contribution in [2.45, 2.75) is 0 Å². The average Bonchev–Trinajstić information content (AvgIpc) is 3.07. The summed E-state index contributed by atoms with van der Waals surface area (Å²) in [5, 5.41) is 18.1. The fourth-order valence-corrected chi connectivity index (χ4v) is 1.77. The van der Waals surface area contributed by atoms with Crippen molar-refractivity contribution in [1.29, 1.82) is 0 Å². The van der Waals surface area contributed by atoms with Gasteiger partial charge in [-0.15, -0.1) is 5.10 Å². The molecule has 19 heavy (non-hydrogen) atoms. The molecule has 2 aromatic carbocycles. The molecule has 94 valence electrons. The fourth-order valence-electron chi connectivity index (χ4n) is 1.77. The number of aryl methyl sites for hydroxylation is 1. The average molecular weight is 252 g/mol. The molecule has 0 aliphatic rings. The number of aromatic nitrogens is 6. The molecular weight excluding hydrogens is 240 g/mol. The van der Waals surface area contributed by atoms with Crippen LogP contribution in [0.25, 0.3) is 22.1 Å². The Hall–Kier alpha value is -2.76. The van der Waals surface area contributed by atoms with Crippen molar-refractivity contribution in [3.63, 3.8) is 0 Å². The SMILES string of the molecule is Cn1nnc2ccccc21.c1ccc2n[nH]nc2c1. The van der Waals surface area contributed by atoms with Gasteiger partial charge in [-0.3, -0.25) is 0 Å². The Kier molecular flexibility index (Phi) is 2.89. The van der Waals surface area contributed by atoms with Crippen molar-refractivity contribution < 1.29 is 0 Å². The zero-order chi connectivity index (χ0) is 13.1. The standard InChI is InChI=1S/C7H7N3.C6H5N3/c1-10-7-5-3-2-4-6(7)8-9-10;1-2-4-6-5(3-1)7-9-8-6/h2-5H,1H3;1-4H,(H,7,8,9). The van der Waals surface area contributed by atoms with Crippen molar-refractivity contribution in [2.24, 2.45) is 7.05 Å². The molecule has 0 unspecified atom stereocenters. The molecule has 0 spiro atoms. The molecule has 0 saturated carbocycles. The zero-order valence-electron chi connectivity index (χ0n) is 10.4. The molecule has 4 aromatic rings. The molecule has 2 heterocycles. The van der Waals surface area contributed by atoms with Gasteiger partial charge in [0.2, 0.25) is 0 Å². The Balaban J connectivity index is 0.000000117. The predicted molar refractivity (Wildman–Crippen MR) is 72.4 cm³/mol. The Labute approximate surface area is 109 Å². The number of H-pyrrole nitrogens is 1. The third-order valence-electron chi connectivity index (χ3n) is 2.74. The molecule has 2 aromatic heterocycles. The van der Waals surface area contributed by atoms with Gasteiger partial charge in [-0.2, -0.15) is 15.4 Å². The van der Waals surface area contributed by atoms with Crippen LogP contribution >= 0.6 is 0 Å². The molecule has 6 nitrogen and oxygen atoms in total. The van der Waals surface area contributed by atoms with Crippen molar-refractivity contribution in [3.8, 4) is 0 Å². The number of nitrogens with zero attached hydrogens (tertiary/aromatic N) is 5. The summed E-state index contributed by atoms with van der Waals surface area (Å²) in [4.78, 5) is 0. The van der Waals surface area contributed by atoms with Crippen molar-refractivity contribution in [1.82, 2.24) is 30.4 Å². The molecule has 0 radical (unpaired) electrons.